The van der Waals surface area contributed by atoms with Crippen LogP contribution in [0.15, 0.2) is 42.6 Å². The van der Waals surface area contributed by atoms with E-state index in [-0.39, 0.29) is 12.1 Å². The highest BCUT2D eigenvalue weighted by molar-refractivity contribution is 5.88. The first-order valence-electron chi connectivity index (χ1n) is 8.04. The van der Waals surface area contributed by atoms with Gasteiger partial charge in [-0.3, -0.25) is 5.32 Å². The largest absolute Gasteiger partial charge is 0.324 e. The number of likely N-dealkylation sites (N-methyl/N-ethyl adjacent to an activating group) is 1. The number of carbonyl (C=O) groups excluding carboxylic acids is 1. The second-order valence-corrected chi connectivity index (χ2v) is 6.26. The van der Waals surface area contributed by atoms with E-state index in [4.69, 9.17) is 0 Å². The fraction of sp³-hybridized carbons (Fsp3) is 0.278. The van der Waals surface area contributed by atoms with Crippen LogP contribution in [0.25, 0.3) is 5.65 Å². The molecule has 1 aliphatic rings. The number of nitrogens with zero attached hydrogens (tertiary/aromatic N) is 4. The van der Waals surface area contributed by atoms with Crippen molar-refractivity contribution in [3.8, 4) is 0 Å². The average molecular weight is 321 g/mol. The molecule has 0 unspecified atom stereocenters. The van der Waals surface area contributed by atoms with Crippen molar-refractivity contribution >= 4 is 17.5 Å². The number of fused-ring (bicyclic) bond motifs is 2. The minimum absolute atomic E-state index is 0.131. The first-order chi connectivity index (χ1) is 11.6. The Labute approximate surface area is 140 Å². The summed E-state index contributed by atoms with van der Waals surface area (Å²) in [6, 6.07) is 12.1. The van der Waals surface area contributed by atoms with Gasteiger partial charge in [0.2, 0.25) is 0 Å². The van der Waals surface area contributed by atoms with Crippen LogP contribution in [0.2, 0.25) is 0 Å². The third kappa shape index (κ3) is 2.50. The number of aryl methyl sites for hydroxylation is 1. The number of hydrogen-bond donors (Lipinski definition) is 1. The lowest BCUT2D eigenvalue weighted by Gasteiger charge is -2.24. The number of benzene rings is 1. The third-order valence-electron chi connectivity index (χ3n) is 4.61. The van der Waals surface area contributed by atoms with Gasteiger partial charge in [0.25, 0.3) is 0 Å². The van der Waals surface area contributed by atoms with E-state index in [1.165, 1.54) is 11.1 Å². The van der Waals surface area contributed by atoms with Gasteiger partial charge in [-0.05, 0) is 37.0 Å². The van der Waals surface area contributed by atoms with Crippen molar-refractivity contribution in [3.63, 3.8) is 0 Å². The summed E-state index contributed by atoms with van der Waals surface area (Å²) in [5, 5.41) is 7.33. The van der Waals surface area contributed by atoms with Crippen molar-refractivity contribution < 1.29 is 4.79 Å². The molecule has 3 aromatic rings. The summed E-state index contributed by atoms with van der Waals surface area (Å²) in [5.74, 6) is 0.625. The maximum Gasteiger partial charge on any atom is 0.323 e. The summed E-state index contributed by atoms with van der Waals surface area (Å²) in [6.07, 6.45) is 3.47. The Morgan fingerprint density at radius 3 is 2.67 bits per heavy atom. The maximum absolute atomic E-state index is 12.7. The van der Waals surface area contributed by atoms with E-state index in [2.05, 4.69) is 39.7 Å². The summed E-state index contributed by atoms with van der Waals surface area (Å²) in [4.78, 5) is 18.7. The molecule has 2 heterocycles. The number of nitrogens with one attached hydrogen (secondary N) is 1. The van der Waals surface area contributed by atoms with Gasteiger partial charge in [-0.2, -0.15) is 9.61 Å². The van der Waals surface area contributed by atoms with Crippen molar-refractivity contribution in [2.24, 2.45) is 0 Å². The van der Waals surface area contributed by atoms with Gasteiger partial charge in [0.15, 0.2) is 5.65 Å². The third-order valence-corrected chi connectivity index (χ3v) is 4.61. The Balaban J connectivity index is 1.52. The van der Waals surface area contributed by atoms with Crippen LogP contribution in [0.3, 0.4) is 0 Å². The van der Waals surface area contributed by atoms with E-state index in [0.29, 0.717) is 5.82 Å². The molecule has 0 spiro atoms. The molecule has 6 heteroatoms. The van der Waals surface area contributed by atoms with Crippen molar-refractivity contribution in [2.45, 2.75) is 25.8 Å². The first-order valence-corrected chi connectivity index (χ1v) is 8.04. The number of amides is 2. The molecule has 0 aliphatic heterocycles. The fourth-order valence-electron chi connectivity index (χ4n) is 3.28. The molecule has 4 rings (SSSR count). The van der Waals surface area contributed by atoms with E-state index < -0.39 is 0 Å². The topological polar surface area (TPSA) is 62.5 Å². The number of anilines is 1. The lowest BCUT2D eigenvalue weighted by atomic mass is 10.1. The van der Waals surface area contributed by atoms with E-state index in [9.17, 15) is 4.79 Å². The summed E-state index contributed by atoms with van der Waals surface area (Å²) < 4.78 is 1.66. The molecule has 1 N–H and O–H groups in total. The summed E-state index contributed by atoms with van der Waals surface area (Å²) in [6.45, 7) is 1.90. The van der Waals surface area contributed by atoms with Crippen molar-refractivity contribution in [2.75, 3.05) is 12.4 Å². The minimum Gasteiger partial charge on any atom is -0.324 e. The quantitative estimate of drug-likeness (QED) is 0.789. The Hall–Kier alpha value is -2.89. The number of hydrogen-bond acceptors (Lipinski definition) is 3. The Kier molecular flexibility index (Phi) is 3.45. The second-order valence-electron chi connectivity index (χ2n) is 6.26. The van der Waals surface area contributed by atoms with Crippen molar-refractivity contribution in [3.05, 3.63) is 59.4 Å². The molecule has 2 amide bonds. The second kappa shape index (κ2) is 5.63. The van der Waals surface area contributed by atoms with Crippen LogP contribution < -0.4 is 5.32 Å². The van der Waals surface area contributed by atoms with E-state index in [1.54, 1.807) is 21.7 Å². The monoisotopic (exact) mass is 321 g/mol. The standard InChI is InChI=1S/C18H19N5O/c1-12-9-17-19-8-7-16(23(17)21-12)20-18(24)22(2)15-10-13-5-3-4-6-14(13)11-15/h3-9,15H,10-11H2,1-2H3,(H,20,24). The number of urea groups is 1. The molecule has 2 aromatic heterocycles. The molecule has 0 bridgehead atoms. The Morgan fingerprint density at radius 2 is 1.96 bits per heavy atom. The first kappa shape index (κ1) is 14.7. The van der Waals surface area contributed by atoms with Gasteiger partial charge in [0, 0.05) is 25.4 Å². The van der Waals surface area contributed by atoms with E-state index in [1.807, 2.05) is 20.0 Å². The van der Waals surface area contributed by atoms with Gasteiger partial charge in [-0.1, -0.05) is 24.3 Å². The smallest absolute Gasteiger partial charge is 0.323 e. The molecule has 6 nitrogen and oxygen atoms in total. The van der Waals surface area contributed by atoms with Gasteiger partial charge in [0.05, 0.1) is 5.69 Å². The Bertz CT molecular complexity index is 892. The van der Waals surface area contributed by atoms with Gasteiger partial charge >= 0.3 is 6.03 Å². The molecule has 0 saturated carbocycles. The van der Waals surface area contributed by atoms with Gasteiger partial charge < -0.3 is 4.90 Å². The van der Waals surface area contributed by atoms with Crippen molar-refractivity contribution in [1.82, 2.24) is 19.5 Å². The summed E-state index contributed by atoms with van der Waals surface area (Å²) in [5.41, 5.74) is 4.25. The molecule has 0 saturated heterocycles. The molecular weight excluding hydrogens is 302 g/mol. The van der Waals surface area contributed by atoms with Crippen LogP contribution in [0.1, 0.15) is 16.8 Å². The molecule has 0 atom stereocenters. The molecule has 1 aliphatic carbocycles. The van der Waals surface area contributed by atoms with Crippen LogP contribution in [0, 0.1) is 6.92 Å². The van der Waals surface area contributed by atoms with Crippen LogP contribution >= 0.6 is 0 Å². The highest BCUT2D eigenvalue weighted by Gasteiger charge is 2.27. The van der Waals surface area contributed by atoms with E-state index >= 15 is 0 Å². The Morgan fingerprint density at radius 1 is 1.25 bits per heavy atom. The number of rotatable bonds is 2. The number of aromatic nitrogens is 3. The molecule has 0 radical (unpaired) electrons. The SMILES string of the molecule is Cc1cc2nccc(NC(=O)N(C)C3Cc4ccccc4C3)n2n1. The predicted molar refractivity (Wildman–Crippen MR) is 92.1 cm³/mol. The van der Waals surface area contributed by atoms with Gasteiger partial charge in [0.1, 0.15) is 5.82 Å². The van der Waals surface area contributed by atoms with Crippen LogP contribution in [-0.2, 0) is 12.8 Å². The fourth-order valence-corrected chi connectivity index (χ4v) is 3.28. The molecule has 24 heavy (non-hydrogen) atoms. The molecule has 1 aromatic carbocycles. The van der Waals surface area contributed by atoms with Crippen LogP contribution in [0.5, 0.6) is 0 Å². The van der Waals surface area contributed by atoms with Gasteiger partial charge in [-0.25, -0.2) is 9.78 Å². The zero-order valence-corrected chi connectivity index (χ0v) is 13.7. The normalized spacial score (nSPS) is 13.9. The molecule has 0 fully saturated rings. The molecular formula is C18H19N5O. The van der Waals surface area contributed by atoms with Crippen LogP contribution in [0.4, 0.5) is 10.6 Å². The lowest BCUT2D eigenvalue weighted by molar-refractivity contribution is 0.205. The minimum atomic E-state index is -0.131. The zero-order chi connectivity index (χ0) is 16.7. The summed E-state index contributed by atoms with van der Waals surface area (Å²) in [7, 11) is 1.85. The predicted octanol–water partition coefficient (Wildman–Crippen LogP) is 2.67. The van der Waals surface area contributed by atoms with Crippen molar-refractivity contribution in [1.29, 1.82) is 0 Å². The molecule has 122 valence electrons. The summed E-state index contributed by atoms with van der Waals surface area (Å²) >= 11 is 0. The van der Waals surface area contributed by atoms with Gasteiger partial charge in [-0.15, -0.1) is 0 Å². The maximum atomic E-state index is 12.7. The zero-order valence-electron chi connectivity index (χ0n) is 13.7. The average Bonchev–Trinajstić information content (AvgIpc) is 3.17. The van der Waals surface area contributed by atoms with E-state index in [0.717, 1.165) is 24.2 Å². The van der Waals surface area contributed by atoms with Crippen LogP contribution in [-0.4, -0.2) is 38.6 Å². The lowest BCUT2D eigenvalue weighted by Crippen LogP contribution is -2.40. The highest BCUT2D eigenvalue weighted by atomic mass is 16.2. The highest BCUT2D eigenvalue weighted by Crippen LogP contribution is 2.25. The number of carbonyl (C=O) groups is 1.